The molecule has 24 heavy (non-hydrogen) atoms. The van der Waals surface area contributed by atoms with E-state index in [1.165, 1.54) is 18.2 Å². The van der Waals surface area contributed by atoms with Crippen LogP contribution in [0.5, 0.6) is 5.75 Å². The molecule has 0 aliphatic carbocycles. The molecule has 0 amide bonds. The maximum atomic E-state index is 13.0. The van der Waals surface area contributed by atoms with Crippen molar-refractivity contribution < 1.29 is 17.9 Å². The minimum atomic E-state index is -4.61. The van der Waals surface area contributed by atoms with Crippen LogP contribution in [0, 0.1) is 39.9 Å². The number of hydrogen-bond donors (Lipinski definition) is 1. The van der Waals surface area contributed by atoms with E-state index in [1.807, 2.05) is 13.8 Å². The molecule has 1 N–H and O–H groups in total. The van der Waals surface area contributed by atoms with Crippen LogP contribution in [0.25, 0.3) is 0 Å². The van der Waals surface area contributed by atoms with Gasteiger partial charge in [0.15, 0.2) is 5.57 Å². The van der Waals surface area contributed by atoms with Gasteiger partial charge in [0.2, 0.25) is 0 Å². The van der Waals surface area contributed by atoms with E-state index in [-0.39, 0.29) is 24.0 Å². The lowest BCUT2D eigenvalue weighted by molar-refractivity contribution is -0.137. The molecule has 5 nitrogen and oxygen atoms in total. The molecule has 1 aromatic carbocycles. The van der Waals surface area contributed by atoms with E-state index >= 15 is 0 Å². The van der Waals surface area contributed by atoms with Crippen molar-refractivity contribution >= 4 is 5.69 Å². The number of nitriles is 3. The van der Waals surface area contributed by atoms with E-state index in [9.17, 15) is 13.2 Å². The molecule has 124 valence electrons. The molecule has 0 heterocycles. The van der Waals surface area contributed by atoms with E-state index in [4.69, 9.17) is 20.5 Å². The summed E-state index contributed by atoms with van der Waals surface area (Å²) in [5, 5.41) is 28.9. The third-order valence-corrected chi connectivity index (χ3v) is 2.67. The number of allylic oxidation sites excluding steroid dienone is 2. The van der Waals surface area contributed by atoms with Gasteiger partial charge in [-0.2, -0.15) is 29.0 Å². The zero-order valence-corrected chi connectivity index (χ0v) is 12.9. The van der Waals surface area contributed by atoms with Crippen molar-refractivity contribution in [2.24, 2.45) is 5.92 Å². The quantitative estimate of drug-likeness (QED) is 0.822. The van der Waals surface area contributed by atoms with Gasteiger partial charge in [0.1, 0.15) is 29.7 Å². The fraction of sp³-hybridized carbons (Fsp3) is 0.312. The molecule has 0 aromatic heterocycles. The molecule has 8 heteroatoms. The molecule has 0 saturated heterocycles. The fourth-order valence-electron chi connectivity index (χ4n) is 1.61. The van der Waals surface area contributed by atoms with Gasteiger partial charge in [0, 0.05) is 11.8 Å². The van der Waals surface area contributed by atoms with E-state index in [2.05, 4.69) is 5.32 Å². The zero-order chi connectivity index (χ0) is 18.3. The predicted octanol–water partition coefficient (Wildman–Crippen LogP) is 3.98. The van der Waals surface area contributed by atoms with Crippen molar-refractivity contribution in [1.29, 1.82) is 15.8 Å². The Hall–Kier alpha value is -3.18. The van der Waals surface area contributed by atoms with Gasteiger partial charge in [-0.05, 0) is 18.1 Å². The third-order valence-electron chi connectivity index (χ3n) is 2.67. The number of benzene rings is 1. The molecular weight excluding hydrogens is 321 g/mol. The SMILES string of the molecule is CC(C)COc1cc(NC(C#N)=C(C#N)C#N)cc(C(F)(F)F)c1. The molecule has 0 bridgehead atoms. The second-order valence-corrected chi connectivity index (χ2v) is 5.16. The van der Waals surface area contributed by atoms with Crippen LogP contribution in [0.1, 0.15) is 19.4 Å². The molecule has 1 aromatic rings. The lowest BCUT2D eigenvalue weighted by Crippen LogP contribution is -2.10. The van der Waals surface area contributed by atoms with Crippen molar-refractivity contribution in [3.8, 4) is 24.0 Å². The highest BCUT2D eigenvalue weighted by atomic mass is 19.4. The van der Waals surface area contributed by atoms with Crippen LogP contribution in [0.15, 0.2) is 29.5 Å². The smallest absolute Gasteiger partial charge is 0.416 e. The molecule has 1 rings (SSSR count). The normalized spacial score (nSPS) is 10.3. The summed E-state index contributed by atoms with van der Waals surface area (Å²) in [5.41, 5.74) is -2.05. The molecule has 0 aliphatic heterocycles. The van der Waals surface area contributed by atoms with Gasteiger partial charge in [-0.25, -0.2) is 0 Å². The van der Waals surface area contributed by atoms with Gasteiger partial charge in [-0.1, -0.05) is 13.8 Å². The van der Waals surface area contributed by atoms with Gasteiger partial charge >= 0.3 is 6.18 Å². The van der Waals surface area contributed by atoms with Gasteiger partial charge in [-0.15, -0.1) is 0 Å². The van der Waals surface area contributed by atoms with E-state index in [0.29, 0.717) is 0 Å². The Kier molecular flexibility index (Phi) is 6.21. The first-order valence-corrected chi connectivity index (χ1v) is 6.78. The van der Waals surface area contributed by atoms with E-state index < -0.39 is 23.0 Å². The summed E-state index contributed by atoms with van der Waals surface area (Å²) in [4.78, 5) is 0. The first-order chi connectivity index (χ1) is 11.2. The van der Waals surface area contributed by atoms with Crippen molar-refractivity contribution in [3.63, 3.8) is 0 Å². The largest absolute Gasteiger partial charge is 0.493 e. The summed E-state index contributed by atoms with van der Waals surface area (Å²) in [6.07, 6.45) is -4.61. The van der Waals surface area contributed by atoms with Gasteiger partial charge in [-0.3, -0.25) is 0 Å². The Morgan fingerprint density at radius 3 is 2.21 bits per heavy atom. The number of hydrogen-bond acceptors (Lipinski definition) is 5. The Labute approximate surface area is 137 Å². The molecular formula is C16H13F3N4O. The first-order valence-electron chi connectivity index (χ1n) is 6.78. The molecule has 0 unspecified atom stereocenters. The van der Waals surface area contributed by atoms with Crippen molar-refractivity contribution in [2.45, 2.75) is 20.0 Å². The molecule has 0 fully saturated rings. The van der Waals surface area contributed by atoms with Gasteiger partial charge < -0.3 is 10.1 Å². The number of alkyl halides is 3. The highest BCUT2D eigenvalue weighted by molar-refractivity contribution is 5.61. The lowest BCUT2D eigenvalue weighted by atomic mass is 10.1. The van der Waals surface area contributed by atoms with Crippen molar-refractivity contribution in [3.05, 3.63) is 35.0 Å². The Morgan fingerprint density at radius 1 is 1.12 bits per heavy atom. The molecule has 0 radical (unpaired) electrons. The average Bonchev–Trinajstić information content (AvgIpc) is 2.52. The molecule has 0 atom stereocenters. The predicted molar refractivity (Wildman–Crippen MR) is 79.3 cm³/mol. The van der Waals surface area contributed by atoms with Crippen LogP contribution in [-0.2, 0) is 6.18 Å². The van der Waals surface area contributed by atoms with Crippen LogP contribution in [0.4, 0.5) is 18.9 Å². The number of anilines is 1. The Balaban J connectivity index is 3.30. The maximum absolute atomic E-state index is 13.0. The topological polar surface area (TPSA) is 92.6 Å². The maximum Gasteiger partial charge on any atom is 0.416 e. The van der Waals surface area contributed by atoms with Gasteiger partial charge in [0.05, 0.1) is 12.2 Å². The average molecular weight is 334 g/mol. The number of rotatable bonds is 5. The summed E-state index contributed by atoms with van der Waals surface area (Å²) in [6, 6.07) is 7.47. The highest BCUT2D eigenvalue weighted by Gasteiger charge is 2.31. The minimum absolute atomic E-state index is 0.0335. The van der Waals surface area contributed by atoms with Crippen LogP contribution in [0.2, 0.25) is 0 Å². The molecule has 0 aliphatic rings. The summed E-state index contributed by atoms with van der Waals surface area (Å²) in [6.45, 7) is 3.90. The Morgan fingerprint density at radius 2 is 1.75 bits per heavy atom. The summed E-state index contributed by atoms with van der Waals surface area (Å²) in [7, 11) is 0. The summed E-state index contributed by atoms with van der Waals surface area (Å²) >= 11 is 0. The summed E-state index contributed by atoms with van der Waals surface area (Å²) in [5.74, 6) is 0.0723. The van der Waals surface area contributed by atoms with Crippen molar-refractivity contribution in [1.82, 2.24) is 0 Å². The van der Waals surface area contributed by atoms with Crippen LogP contribution < -0.4 is 10.1 Å². The number of ether oxygens (including phenoxy) is 1. The monoisotopic (exact) mass is 334 g/mol. The lowest BCUT2D eigenvalue weighted by Gasteiger charge is -2.15. The van der Waals surface area contributed by atoms with Crippen molar-refractivity contribution in [2.75, 3.05) is 11.9 Å². The summed E-state index contributed by atoms with van der Waals surface area (Å²) < 4.78 is 44.3. The second kappa shape index (κ2) is 7.89. The van der Waals surface area contributed by atoms with Crippen LogP contribution in [-0.4, -0.2) is 6.61 Å². The number of nitrogens with one attached hydrogen (secondary N) is 1. The number of nitrogens with zero attached hydrogens (tertiary/aromatic N) is 3. The fourth-order valence-corrected chi connectivity index (χ4v) is 1.61. The zero-order valence-electron chi connectivity index (χ0n) is 12.9. The van der Waals surface area contributed by atoms with Crippen LogP contribution in [0.3, 0.4) is 0 Å². The Bertz CT molecular complexity index is 745. The molecule has 0 spiro atoms. The van der Waals surface area contributed by atoms with Gasteiger partial charge in [0.25, 0.3) is 0 Å². The van der Waals surface area contributed by atoms with E-state index in [1.54, 1.807) is 6.07 Å². The second-order valence-electron chi connectivity index (χ2n) is 5.16. The minimum Gasteiger partial charge on any atom is -0.493 e. The van der Waals surface area contributed by atoms with Crippen LogP contribution >= 0.6 is 0 Å². The number of halogens is 3. The highest BCUT2D eigenvalue weighted by Crippen LogP contribution is 2.34. The third kappa shape index (κ3) is 5.23. The van der Waals surface area contributed by atoms with E-state index in [0.717, 1.165) is 12.1 Å². The standard InChI is InChI=1S/C16H13F3N4O/c1-10(2)9-24-14-4-12(16(17,18)19)3-13(5-14)23-15(8-22)11(6-20)7-21/h3-5,10,23H,9H2,1-2H3. The first kappa shape index (κ1) is 18.9. The molecule has 0 saturated carbocycles.